The lowest BCUT2D eigenvalue weighted by Crippen LogP contribution is -1.94. The zero-order chi connectivity index (χ0) is 38.4. The number of fused-ring (bicyclic) bond motifs is 4. The van der Waals surface area contributed by atoms with Gasteiger partial charge < -0.3 is 0 Å². The van der Waals surface area contributed by atoms with E-state index in [2.05, 4.69) is 182 Å². The Hall–Kier alpha value is -7.82. The van der Waals surface area contributed by atoms with E-state index >= 15 is 0 Å². The Bertz CT molecular complexity index is 3070. The lowest BCUT2D eigenvalue weighted by Gasteiger charge is -2.14. The van der Waals surface area contributed by atoms with Crippen molar-refractivity contribution in [2.24, 2.45) is 0 Å². The van der Waals surface area contributed by atoms with Gasteiger partial charge in [-0.25, -0.2) is 9.97 Å². The number of aromatic nitrogens is 4. The van der Waals surface area contributed by atoms with Crippen LogP contribution in [0.3, 0.4) is 0 Å². The molecule has 0 bridgehead atoms. The van der Waals surface area contributed by atoms with Gasteiger partial charge in [0.2, 0.25) is 0 Å². The van der Waals surface area contributed by atoms with Gasteiger partial charge in [-0.15, -0.1) is 0 Å². The molecule has 58 heavy (non-hydrogen) atoms. The summed E-state index contributed by atoms with van der Waals surface area (Å²) in [5.41, 5.74) is 16.8. The smallest absolute Gasteiger partial charge is 0.0723 e. The van der Waals surface area contributed by atoms with Crippen LogP contribution in [0.15, 0.2) is 207 Å². The molecule has 0 aliphatic carbocycles. The van der Waals surface area contributed by atoms with Crippen LogP contribution in [0, 0.1) is 0 Å². The van der Waals surface area contributed by atoms with Crippen molar-refractivity contribution in [2.75, 3.05) is 0 Å². The highest BCUT2D eigenvalue weighted by molar-refractivity contribution is 6.09. The summed E-state index contributed by atoms with van der Waals surface area (Å²) in [6.45, 7) is 0. The van der Waals surface area contributed by atoms with Crippen LogP contribution in [0.5, 0.6) is 0 Å². The van der Waals surface area contributed by atoms with Crippen LogP contribution in [0.25, 0.3) is 111 Å². The highest BCUT2D eigenvalue weighted by Gasteiger charge is 2.16. The third-order valence-corrected chi connectivity index (χ3v) is 11.2. The summed E-state index contributed by atoms with van der Waals surface area (Å²) < 4.78 is 0. The second kappa shape index (κ2) is 14.0. The minimum absolute atomic E-state index is 0.909. The van der Waals surface area contributed by atoms with Gasteiger partial charge in [0.25, 0.3) is 0 Å². The molecule has 0 spiro atoms. The standard InChI is InChI=1S/C54H34N4/c1-5-13-35(14-6-1)41-25-27-55-51-31-47-43(37-17-9-3-10-18-37)29-49(57-53(47)33-45(41)51)39-21-23-40(24-22-39)50-30-44(38-19-11-4-12-20-38)48-32-52-46(34-54(48)58-50)42(26-28-56-52)36-15-7-2-8-16-36/h1-34H. The van der Waals surface area contributed by atoms with Crippen LogP contribution in [0.2, 0.25) is 0 Å². The van der Waals surface area contributed by atoms with E-state index in [9.17, 15) is 0 Å². The molecule has 4 heteroatoms. The van der Waals surface area contributed by atoms with Crippen LogP contribution in [0.4, 0.5) is 0 Å². The number of hydrogen-bond acceptors (Lipinski definition) is 4. The summed E-state index contributed by atoms with van der Waals surface area (Å²) in [6, 6.07) is 68.2. The van der Waals surface area contributed by atoms with Crippen molar-refractivity contribution in [1.29, 1.82) is 0 Å². The van der Waals surface area contributed by atoms with Gasteiger partial charge in [0.1, 0.15) is 0 Å². The van der Waals surface area contributed by atoms with Crippen molar-refractivity contribution >= 4 is 43.6 Å². The van der Waals surface area contributed by atoms with E-state index in [1.54, 1.807) is 0 Å². The Labute approximate surface area is 335 Å². The zero-order valence-electron chi connectivity index (χ0n) is 31.4. The third-order valence-electron chi connectivity index (χ3n) is 11.2. The number of benzene rings is 7. The monoisotopic (exact) mass is 738 g/mol. The molecule has 0 fully saturated rings. The summed E-state index contributed by atoms with van der Waals surface area (Å²) >= 11 is 0. The first-order valence-electron chi connectivity index (χ1n) is 19.5. The van der Waals surface area contributed by atoms with Crippen molar-refractivity contribution in [3.8, 4) is 67.0 Å². The first-order valence-corrected chi connectivity index (χ1v) is 19.5. The minimum Gasteiger partial charge on any atom is -0.256 e. The summed E-state index contributed by atoms with van der Waals surface area (Å²) in [5, 5.41) is 4.31. The number of rotatable bonds is 6. The van der Waals surface area contributed by atoms with E-state index in [0.717, 1.165) is 111 Å². The molecule has 4 heterocycles. The van der Waals surface area contributed by atoms with Crippen LogP contribution in [0.1, 0.15) is 0 Å². The first-order chi connectivity index (χ1) is 28.7. The maximum absolute atomic E-state index is 5.33. The van der Waals surface area contributed by atoms with Gasteiger partial charge in [0.15, 0.2) is 0 Å². The molecular weight excluding hydrogens is 705 g/mol. The summed E-state index contributed by atoms with van der Waals surface area (Å²) in [4.78, 5) is 20.3. The molecule has 7 aromatic carbocycles. The quantitative estimate of drug-likeness (QED) is 0.159. The number of pyridine rings is 4. The van der Waals surface area contributed by atoms with E-state index in [-0.39, 0.29) is 0 Å². The van der Waals surface area contributed by atoms with E-state index in [4.69, 9.17) is 19.9 Å². The number of nitrogens with zero attached hydrogens (tertiary/aromatic N) is 4. The van der Waals surface area contributed by atoms with Gasteiger partial charge in [0, 0.05) is 45.1 Å². The largest absolute Gasteiger partial charge is 0.256 e. The Balaban J connectivity index is 1.06. The molecule has 270 valence electrons. The Morgan fingerprint density at radius 2 is 0.552 bits per heavy atom. The molecule has 0 atom stereocenters. The fraction of sp³-hybridized carbons (Fsp3) is 0. The van der Waals surface area contributed by atoms with E-state index in [1.807, 2.05) is 24.5 Å². The highest BCUT2D eigenvalue weighted by Crippen LogP contribution is 2.39. The van der Waals surface area contributed by atoms with Crippen LogP contribution >= 0.6 is 0 Å². The van der Waals surface area contributed by atoms with Gasteiger partial charge in [-0.2, -0.15) is 0 Å². The molecule has 0 saturated heterocycles. The van der Waals surface area contributed by atoms with Crippen molar-refractivity contribution in [1.82, 2.24) is 19.9 Å². The lowest BCUT2D eigenvalue weighted by molar-refractivity contribution is 1.37. The average molecular weight is 739 g/mol. The van der Waals surface area contributed by atoms with Crippen LogP contribution < -0.4 is 0 Å². The molecule has 0 N–H and O–H groups in total. The molecule has 0 saturated carbocycles. The van der Waals surface area contributed by atoms with Gasteiger partial charge in [-0.05, 0) is 93.0 Å². The molecule has 0 aliphatic rings. The molecule has 11 rings (SSSR count). The highest BCUT2D eigenvalue weighted by atomic mass is 14.7. The first kappa shape index (κ1) is 33.5. The summed E-state index contributed by atoms with van der Waals surface area (Å²) in [6.07, 6.45) is 3.80. The predicted molar refractivity (Wildman–Crippen MR) is 240 cm³/mol. The second-order valence-electron chi connectivity index (χ2n) is 14.6. The molecule has 4 aromatic heterocycles. The van der Waals surface area contributed by atoms with Gasteiger partial charge >= 0.3 is 0 Å². The van der Waals surface area contributed by atoms with Crippen molar-refractivity contribution in [3.63, 3.8) is 0 Å². The Morgan fingerprint density at radius 1 is 0.241 bits per heavy atom. The van der Waals surface area contributed by atoms with E-state index in [0.29, 0.717) is 0 Å². The fourth-order valence-corrected chi connectivity index (χ4v) is 8.29. The summed E-state index contributed by atoms with van der Waals surface area (Å²) in [5.74, 6) is 0. The molecule has 0 unspecified atom stereocenters. The molecular formula is C54H34N4. The molecule has 0 amide bonds. The average Bonchev–Trinajstić information content (AvgIpc) is 3.30. The Kier molecular flexibility index (Phi) is 8.11. The number of hydrogen-bond donors (Lipinski definition) is 0. The molecule has 0 radical (unpaired) electrons. The van der Waals surface area contributed by atoms with Crippen molar-refractivity contribution in [2.45, 2.75) is 0 Å². The van der Waals surface area contributed by atoms with E-state index in [1.165, 1.54) is 0 Å². The van der Waals surface area contributed by atoms with Crippen molar-refractivity contribution in [3.05, 3.63) is 207 Å². The van der Waals surface area contributed by atoms with E-state index < -0.39 is 0 Å². The van der Waals surface area contributed by atoms with Gasteiger partial charge in [0.05, 0.1) is 33.5 Å². The predicted octanol–water partition coefficient (Wildman–Crippen LogP) is 13.9. The summed E-state index contributed by atoms with van der Waals surface area (Å²) in [7, 11) is 0. The zero-order valence-corrected chi connectivity index (χ0v) is 31.4. The van der Waals surface area contributed by atoms with Gasteiger partial charge in [-0.1, -0.05) is 146 Å². The van der Waals surface area contributed by atoms with Crippen LogP contribution in [-0.2, 0) is 0 Å². The maximum Gasteiger partial charge on any atom is 0.0723 e. The Morgan fingerprint density at radius 3 is 0.914 bits per heavy atom. The molecule has 4 nitrogen and oxygen atoms in total. The SMILES string of the molecule is c1ccc(-c2ccnc3cc4c(-c5ccccc5)cc(-c5ccc(-c6cc(-c7ccccc7)c7cc8nccc(-c9ccccc9)c8cc7n6)cc5)nc4cc23)cc1. The topological polar surface area (TPSA) is 51.6 Å². The minimum atomic E-state index is 0.909. The second-order valence-corrected chi connectivity index (χ2v) is 14.6. The fourth-order valence-electron chi connectivity index (χ4n) is 8.29. The molecule has 0 aliphatic heterocycles. The molecule has 11 aromatic rings. The lowest BCUT2D eigenvalue weighted by atomic mass is 9.94. The third kappa shape index (κ3) is 5.96. The normalized spacial score (nSPS) is 11.4. The van der Waals surface area contributed by atoms with Crippen molar-refractivity contribution < 1.29 is 0 Å². The van der Waals surface area contributed by atoms with Crippen LogP contribution in [-0.4, -0.2) is 19.9 Å². The van der Waals surface area contributed by atoms with Gasteiger partial charge in [-0.3, -0.25) is 9.97 Å². The maximum atomic E-state index is 5.33.